The van der Waals surface area contributed by atoms with E-state index in [4.69, 9.17) is 5.73 Å². The number of nitrogens with zero attached hydrogens (tertiary/aromatic N) is 2. The molecule has 1 saturated carbocycles. The van der Waals surface area contributed by atoms with Gasteiger partial charge in [0.1, 0.15) is 0 Å². The molecule has 0 bridgehead atoms. The first kappa shape index (κ1) is 12.3. The van der Waals surface area contributed by atoms with Crippen molar-refractivity contribution in [3.63, 3.8) is 0 Å². The van der Waals surface area contributed by atoms with Gasteiger partial charge in [-0.25, -0.2) is 0 Å². The summed E-state index contributed by atoms with van der Waals surface area (Å²) in [6.45, 7) is 5.12. The Balaban J connectivity index is 1.61. The van der Waals surface area contributed by atoms with Crippen LogP contribution in [-0.2, 0) is 0 Å². The van der Waals surface area contributed by atoms with E-state index in [1.807, 2.05) is 0 Å². The Morgan fingerprint density at radius 1 is 1.12 bits per heavy atom. The molecule has 3 nitrogen and oxygen atoms in total. The third-order valence-electron chi connectivity index (χ3n) is 4.25. The van der Waals surface area contributed by atoms with Crippen LogP contribution in [-0.4, -0.2) is 56.1 Å². The molecule has 1 aliphatic heterocycles. The van der Waals surface area contributed by atoms with E-state index in [0.717, 1.165) is 11.8 Å². The van der Waals surface area contributed by atoms with Crippen molar-refractivity contribution in [2.75, 3.05) is 40.3 Å². The summed E-state index contributed by atoms with van der Waals surface area (Å²) in [6, 6.07) is 0.502. The third kappa shape index (κ3) is 3.44. The highest BCUT2D eigenvalue weighted by molar-refractivity contribution is 4.84. The highest BCUT2D eigenvalue weighted by Crippen LogP contribution is 2.26. The van der Waals surface area contributed by atoms with Crippen LogP contribution in [0.3, 0.4) is 0 Å². The summed E-state index contributed by atoms with van der Waals surface area (Å²) in [5, 5.41) is 0. The first-order valence-electron chi connectivity index (χ1n) is 6.76. The standard InChI is InChI=1S/C13H27N3/c1-15-5-3-11(4-6-15)9-16(2)10-12-7-13(14)8-12/h11-13H,3-10,14H2,1-2H3. The molecule has 3 heteroatoms. The van der Waals surface area contributed by atoms with Crippen LogP contribution in [0.4, 0.5) is 0 Å². The fraction of sp³-hybridized carbons (Fsp3) is 1.00. The average molecular weight is 225 g/mol. The molecule has 94 valence electrons. The molecular formula is C13H27N3. The lowest BCUT2D eigenvalue weighted by molar-refractivity contribution is 0.138. The Hall–Kier alpha value is -0.120. The molecule has 0 radical (unpaired) electrons. The van der Waals surface area contributed by atoms with Gasteiger partial charge in [-0.05, 0) is 64.7 Å². The maximum absolute atomic E-state index is 5.82. The largest absolute Gasteiger partial charge is 0.328 e. The Kier molecular flexibility index (Phi) is 4.22. The van der Waals surface area contributed by atoms with Gasteiger partial charge < -0.3 is 15.5 Å². The number of nitrogens with two attached hydrogens (primary N) is 1. The fourth-order valence-corrected chi connectivity index (χ4v) is 3.14. The maximum Gasteiger partial charge on any atom is 0.00450 e. The van der Waals surface area contributed by atoms with Crippen molar-refractivity contribution in [3.05, 3.63) is 0 Å². The van der Waals surface area contributed by atoms with Gasteiger partial charge in [-0.1, -0.05) is 0 Å². The third-order valence-corrected chi connectivity index (χ3v) is 4.25. The monoisotopic (exact) mass is 225 g/mol. The van der Waals surface area contributed by atoms with E-state index in [1.54, 1.807) is 0 Å². The van der Waals surface area contributed by atoms with Gasteiger partial charge in [0.05, 0.1) is 0 Å². The van der Waals surface area contributed by atoms with Crippen LogP contribution < -0.4 is 5.73 Å². The van der Waals surface area contributed by atoms with Gasteiger partial charge in [-0.3, -0.25) is 0 Å². The molecule has 1 aliphatic carbocycles. The van der Waals surface area contributed by atoms with E-state index < -0.39 is 0 Å². The van der Waals surface area contributed by atoms with Gasteiger partial charge in [0.2, 0.25) is 0 Å². The van der Waals surface area contributed by atoms with Crippen LogP contribution >= 0.6 is 0 Å². The highest BCUT2D eigenvalue weighted by Gasteiger charge is 2.27. The second-order valence-corrected chi connectivity index (χ2v) is 6.07. The van der Waals surface area contributed by atoms with Crippen LogP contribution in [0.1, 0.15) is 25.7 Å². The van der Waals surface area contributed by atoms with E-state index >= 15 is 0 Å². The van der Waals surface area contributed by atoms with E-state index in [9.17, 15) is 0 Å². The topological polar surface area (TPSA) is 32.5 Å². The van der Waals surface area contributed by atoms with Crippen molar-refractivity contribution in [3.8, 4) is 0 Å². The zero-order chi connectivity index (χ0) is 11.5. The Bertz CT molecular complexity index is 205. The predicted octanol–water partition coefficient (Wildman–Crippen LogP) is 0.997. The molecular weight excluding hydrogens is 198 g/mol. The second-order valence-electron chi connectivity index (χ2n) is 6.07. The molecule has 2 aliphatic rings. The Morgan fingerprint density at radius 2 is 1.69 bits per heavy atom. The summed E-state index contributed by atoms with van der Waals surface area (Å²) in [4.78, 5) is 4.98. The minimum Gasteiger partial charge on any atom is -0.328 e. The van der Waals surface area contributed by atoms with Crippen LogP contribution in [0.5, 0.6) is 0 Å². The lowest BCUT2D eigenvalue weighted by Crippen LogP contribution is -2.43. The van der Waals surface area contributed by atoms with Gasteiger partial charge in [0.25, 0.3) is 0 Å². The Morgan fingerprint density at radius 3 is 2.25 bits per heavy atom. The van der Waals surface area contributed by atoms with Crippen molar-refractivity contribution in [1.82, 2.24) is 9.80 Å². The van der Waals surface area contributed by atoms with E-state index in [1.165, 1.54) is 51.9 Å². The van der Waals surface area contributed by atoms with Crippen molar-refractivity contribution >= 4 is 0 Å². The first-order valence-corrected chi connectivity index (χ1v) is 6.76. The van der Waals surface area contributed by atoms with Gasteiger partial charge in [0, 0.05) is 19.1 Å². The Labute approximate surface area is 100.0 Å². The molecule has 2 rings (SSSR count). The summed E-state index contributed by atoms with van der Waals surface area (Å²) in [5.74, 6) is 1.81. The van der Waals surface area contributed by atoms with Crippen LogP contribution in [0, 0.1) is 11.8 Å². The molecule has 16 heavy (non-hydrogen) atoms. The SMILES string of the molecule is CN1CCC(CN(C)CC2CC(N)C2)CC1. The first-order chi connectivity index (χ1) is 7.63. The number of rotatable bonds is 4. The quantitative estimate of drug-likeness (QED) is 0.775. The highest BCUT2D eigenvalue weighted by atomic mass is 15.1. The number of hydrogen-bond donors (Lipinski definition) is 1. The number of likely N-dealkylation sites (tertiary alicyclic amines) is 1. The van der Waals surface area contributed by atoms with Gasteiger partial charge >= 0.3 is 0 Å². The number of piperidine rings is 1. The zero-order valence-corrected chi connectivity index (χ0v) is 10.9. The molecule has 0 aromatic heterocycles. The van der Waals surface area contributed by atoms with Crippen molar-refractivity contribution in [2.45, 2.75) is 31.7 Å². The van der Waals surface area contributed by atoms with Crippen LogP contribution in [0.2, 0.25) is 0 Å². The minimum atomic E-state index is 0.502. The molecule has 0 aromatic rings. The molecule has 0 atom stereocenters. The smallest absolute Gasteiger partial charge is 0.00450 e. The molecule has 2 N–H and O–H groups in total. The normalized spacial score (nSPS) is 33.0. The fourth-order valence-electron chi connectivity index (χ4n) is 3.14. The molecule has 2 fully saturated rings. The zero-order valence-electron chi connectivity index (χ0n) is 10.9. The maximum atomic E-state index is 5.82. The van der Waals surface area contributed by atoms with Gasteiger partial charge in [0.15, 0.2) is 0 Å². The van der Waals surface area contributed by atoms with Gasteiger partial charge in [-0.15, -0.1) is 0 Å². The molecule has 1 heterocycles. The van der Waals surface area contributed by atoms with Crippen molar-refractivity contribution < 1.29 is 0 Å². The summed E-state index contributed by atoms with van der Waals surface area (Å²) in [6.07, 6.45) is 5.26. The van der Waals surface area contributed by atoms with Crippen molar-refractivity contribution in [1.29, 1.82) is 0 Å². The summed E-state index contributed by atoms with van der Waals surface area (Å²) < 4.78 is 0. The lowest BCUT2D eigenvalue weighted by Gasteiger charge is -2.37. The average Bonchev–Trinajstić information content (AvgIpc) is 2.19. The molecule has 0 spiro atoms. The second kappa shape index (κ2) is 5.48. The number of hydrogen-bond acceptors (Lipinski definition) is 3. The lowest BCUT2D eigenvalue weighted by atomic mass is 9.80. The summed E-state index contributed by atoms with van der Waals surface area (Å²) in [5.41, 5.74) is 5.82. The van der Waals surface area contributed by atoms with E-state index in [2.05, 4.69) is 23.9 Å². The minimum absolute atomic E-state index is 0.502. The van der Waals surface area contributed by atoms with Crippen molar-refractivity contribution in [2.24, 2.45) is 17.6 Å². The van der Waals surface area contributed by atoms with Gasteiger partial charge in [-0.2, -0.15) is 0 Å². The van der Waals surface area contributed by atoms with Crippen LogP contribution in [0.15, 0.2) is 0 Å². The molecule has 0 unspecified atom stereocenters. The molecule has 1 saturated heterocycles. The summed E-state index contributed by atoms with van der Waals surface area (Å²) in [7, 11) is 4.51. The van der Waals surface area contributed by atoms with E-state index in [-0.39, 0.29) is 0 Å². The predicted molar refractivity (Wildman–Crippen MR) is 68.4 cm³/mol. The molecule has 0 aromatic carbocycles. The van der Waals surface area contributed by atoms with E-state index in [0.29, 0.717) is 6.04 Å². The molecule has 0 amide bonds. The summed E-state index contributed by atoms with van der Waals surface area (Å²) >= 11 is 0. The van der Waals surface area contributed by atoms with Crippen LogP contribution in [0.25, 0.3) is 0 Å².